The number of carbonyl (C=O) groups is 1. The van der Waals surface area contributed by atoms with Gasteiger partial charge < -0.3 is 4.74 Å². The second kappa shape index (κ2) is 9.43. The quantitative estimate of drug-likeness (QED) is 0.501. The Kier molecular flexibility index (Phi) is 7.93. The minimum absolute atomic E-state index is 0.0296. The first-order valence-corrected chi connectivity index (χ1v) is 8.54. The summed E-state index contributed by atoms with van der Waals surface area (Å²) in [6.45, 7) is 14.4. The Labute approximate surface area is 147 Å². The van der Waals surface area contributed by atoms with Gasteiger partial charge in [0.25, 0.3) is 0 Å². The van der Waals surface area contributed by atoms with Crippen molar-refractivity contribution in [1.82, 2.24) is 4.90 Å². The molecule has 0 saturated carbocycles. The van der Waals surface area contributed by atoms with E-state index in [-0.39, 0.29) is 18.1 Å². The van der Waals surface area contributed by atoms with Gasteiger partial charge in [-0.1, -0.05) is 48.6 Å². The summed E-state index contributed by atoms with van der Waals surface area (Å²) in [5, 5.41) is 0. The monoisotopic (exact) mass is 329 g/mol. The number of rotatable bonds is 8. The molecule has 0 aromatic heterocycles. The maximum Gasteiger partial charge on any atom is 0.308 e. The third-order valence-corrected chi connectivity index (χ3v) is 3.76. The average Bonchev–Trinajstić information content (AvgIpc) is 2.50. The topological polar surface area (TPSA) is 29.5 Å². The van der Waals surface area contributed by atoms with Gasteiger partial charge in [0.05, 0.1) is 6.42 Å². The molecule has 0 radical (unpaired) electrons. The fourth-order valence-electron chi connectivity index (χ4n) is 2.72. The Morgan fingerprint density at radius 1 is 1.29 bits per heavy atom. The molecule has 0 fully saturated rings. The van der Waals surface area contributed by atoms with Crippen molar-refractivity contribution in [1.29, 1.82) is 0 Å². The van der Waals surface area contributed by atoms with Crippen molar-refractivity contribution < 1.29 is 9.53 Å². The average molecular weight is 329 g/mol. The predicted octanol–water partition coefficient (Wildman–Crippen LogP) is 4.91. The van der Waals surface area contributed by atoms with E-state index in [4.69, 9.17) is 4.74 Å². The summed E-state index contributed by atoms with van der Waals surface area (Å²) in [6, 6.07) is 10.5. The molecule has 0 amide bonds. The van der Waals surface area contributed by atoms with Gasteiger partial charge in [-0.05, 0) is 40.2 Å². The molecule has 3 heteroatoms. The zero-order chi connectivity index (χ0) is 18.2. The molecule has 0 N–H and O–H groups in total. The van der Waals surface area contributed by atoms with Crippen LogP contribution in [0.4, 0.5) is 0 Å². The lowest BCUT2D eigenvalue weighted by Gasteiger charge is -2.34. The highest BCUT2D eigenvalue weighted by Gasteiger charge is 2.26. The van der Waals surface area contributed by atoms with Crippen molar-refractivity contribution in [3.63, 3.8) is 0 Å². The highest BCUT2D eigenvalue weighted by molar-refractivity contribution is 5.71. The number of hydrogen-bond acceptors (Lipinski definition) is 3. The zero-order valence-electron chi connectivity index (χ0n) is 15.7. The van der Waals surface area contributed by atoms with E-state index in [1.165, 1.54) is 5.56 Å². The predicted molar refractivity (Wildman–Crippen MR) is 101 cm³/mol. The molecule has 1 aromatic carbocycles. The molecule has 0 saturated heterocycles. The first-order valence-electron chi connectivity index (χ1n) is 8.54. The van der Waals surface area contributed by atoms with E-state index in [0.717, 1.165) is 0 Å². The largest absolute Gasteiger partial charge is 0.460 e. The SMILES string of the molecule is C=CCN(C(C)c1ccccc1)[C@@H](C=CC)CC(=O)OC(C)(C)C. The molecule has 2 atom stereocenters. The Morgan fingerprint density at radius 2 is 1.92 bits per heavy atom. The molecule has 3 nitrogen and oxygen atoms in total. The maximum atomic E-state index is 12.3. The summed E-state index contributed by atoms with van der Waals surface area (Å²) in [6.07, 6.45) is 6.26. The summed E-state index contributed by atoms with van der Waals surface area (Å²) < 4.78 is 5.50. The Balaban J connectivity index is 2.98. The number of benzene rings is 1. The van der Waals surface area contributed by atoms with E-state index in [0.29, 0.717) is 13.0 Å². The Hall–Kier alpha value is -1.87. The molecule has 1 rings (SSSR count). The molecular weight excluding hydrogens is 298 g/mol. The first kappa shape index (κ1) is 20.2. The fourth-order valence-corrected chi connectivity index (χ4v) is 2.72. The molecule has 0 aliphatic heterocycles. The molecule has 1 aromatic rings. The van der Waals surface area contributed by atoms with Crippen molar-refractivity contribution in [2.24, 2.45) is 0 Å². The van der Waals surface area contributed by atoms with Gasteiger partial charge in [0.1, 0.15) is 5.60 Å². The van der Waals surface area contributed by atoms with Crippen LogP contribution >= 0.6 is 0 Å². The summed E-state index contributed by atoms with van der Waals surface area (Å²) in [5.74, 6) is -0.181. The van der Waals surface area contributed by atoms with Crippen molar-refractivity contribution in [3.8, 4) is 0 Å². The summed E-state index contributed by atoms with van der Waals surface area (Å²) in [5.41, 5.74) is 0.754. The number of allylic oxidation sites excluding steroid dienone is 1. The van der Waals surface area contributed by atoms with Gasteiger partial charge in [0.2, 0.25) is 0 Å². The smallest absolute Gasteiger partial charge is 0.308 e. The van der Waals surface area contributed by atoms with Crippen LogP contribution in [0.15, 0.2) is 55.1 Å². The lowest BCUT2D eigenvalue weighted by atomic mass is 10.0. The lowest BCUT2D eigenvalue weighted by molar-refractivity contribution is -0.156. The van der Waals surface area contributed by atoms with Crippen LogP contribution in [-0.2, 0) is 9.53 Å². The lowest BCUT2D eigenvalue weighted by Crippen LogP contribution is -2.39. The Morgan fingerprint density at radius 3 is 2.42 bits per heavy atom. The van der Waals surface area contributed by atoms with E-state index >= 15 is 0 Å². The highest BCUT2D eigenvalue weighted by atomic mass is 16.6. The number of nitrogens with zero attached hydrogens (tertiary/aromatic N) is 1. The molecule has 0 aliphatic rings. The maximum absolute atomic E-state index is 12.3. The number of ether oxygens (including phenoxy) is 1. The minimum atomic E-state index is -0.466. The highest BCUT2D eigenvalue weighted by Crippen LogP contribution is 2.25. The van der Waals surface area contributed by atoms with E-state index in [9.17, 15) is 4.79 Å². The molecule has 0 bridgehead atoms. The van der Waals surface area contributed by atoms with E-state index < -0.39 is 5.60 Å². The van der Waals surface area contributed by atoms with Crippen LogP contribution in [-0.4, -0.2) is 29.1 Å². The van der Waals surface area contributed by atoms with Gasteiger partial charge in [-0.2, -0.15) is 0 Å². The van der Waals surface area contributed by atoms with Gasteiger partial charge in [-0.3, -0.25) is 9.69 Å². The molecule has 24 heavy (non-hydrogen) atoms. The van der Waals surface area contributed by atoms with Crippen LogP contribution in [0, 0.1) is 0 Å². The fraction of sp³-hybridized carbons (Fsp3) is 0.476. The first-order chi connectivity index (χ1) is 11.3. The van der Waals surface area contributed by atoms with Gasteiger partial charge in [0, 0.05) is 18.6 Å². The van der Waals surface area contributed by atoms with Crippen molar-refractivity contribution in [3.05, 3.63) is 60.7 Å². The van der Waals surface area contributed by atoms with E-state index in [1.807, 2.05) is 58.0 Å². The van der Waals surface area contributed by atoms with Gasteiger partial charge in [-0.15, -0.1) is 6.58 Å². The molecular formula is C21H31NO2. The molecule has 0 aliphatic carbocycles. The molecule has 1 unspecified atom stereocenters. The van der Waals surface area contributed by atoms with Crippen LogP contribution in [0.2, 0.25) is 0 Å². The second-order valence-corrected chi connectivity index (χ2v) is 6.96. The van der Waals surface area contributed by atoms with Crippen LogP contribution in [0.1, 0.15) is 52.6 Å². The van der Waals surface area contributed by atoms with Crippen LogP contribution in [0.25, 0.3) is 0 Å². The third-order valence-electron chi connectivity index (χ3n) is 3.76. The number of esters is 1. The molecule has 0 spiro atoms. The number of carbonyl (C=O) groups excluding carboxylic acids is 1. The summed E-state index contributed by atoms with van der Waals surface area (Å²) in [7, 11) is 0. The van der Waals surface area contributed by atoms with Crippen LogP contribution in [0.3, 0.4) is 0 Å². The van der Waals surface area contributed by atoms with Crippen molar-refractivity contribution in [2.45, 2.75) is 58.7 Å². The van der Waals surface area contributed by atoms with E-state index in [1.54, 1.807) is 0 Å². The summed E-state index contributed by atoms with van der Waals surface area (Å²) in [4.78, 5) is 14.6. The number of hydrogen-bond donors (Lipinski definition) is 0. The molecule has 0 heterocycles. The van der Waals surface area contributed by atoms with Gasteiger partial charge in [-0.25, -0.2) is 0 Å². The van der Waals surface area contributed by atoms with Gasteiger partial charge in [0.15, 0.2) is 0 Å². The Bertz CT molecular complexity index is 543. The summed E-state index contributed by atoms with van der Waals surface area (Å²) >= 11 is 0. The third kappa shape index (κ3) is 6.71. The van der Waals surface area contributed by atoms with Crippen LogP contribution < -0.4 is 0 Å². The van der Waals surface area contributed by atoms with Crippen molar-refractivity contribution >= 4 is 5.97 Å². The van der Waals surface area contributed by atoms with E-state index in [2.05, 4.69) is 36.6 Å². The zero-order valence-corrected chi connectivity index (χ0v) is 15.7. The normalized spacial score (nSPS) is 14.6. The van der Waals surface area contributed by atoms with Crippen LogP contribution in [0.5, 0.6) is 0 Å². The second-order valence-electron chi connectivity index (χ2n) is 6.96. The minimum Gasteiger partial charge on any atom is -0.460 e. The standard InChI is InChI=1S/C21H31NO2/c1-7-12-19(16-20(23)24-21(4,5)6)22(15-8-2)17(3)18-13-10-9-11-14-18/h7-14,17,19H,2,15-16H2,1,3-6H3/t17?,19-/m0/s1. The van der Waals surface area contributed by atoms with Gasteiger partial charge >= 0.3 is 5.97 Å². The van der Waals surface area contributed by atoms with Crippen molar-refractivity contribution in [2.75, 3.05) is 6.54 Å². The molecule has 132 valence electrons.